The number of hydrogen-bond donors (Lipinski definition) is 1. The van der Waals surface area contributed by atoms with Crippen LogP contribution >= 0.6 is 47.8 Å². The number of rotatable bonds is 0. The molecule has 7 rings (SSSR count). The fraction of sp³-hybridized carbons (Fsp3) is 0.250. The number of aromatic amines is 1. The van der Waals surface area contributed by atoms with Crippen LogP contribution in [0, 0.1) is 0 Å². The second kappa shape index (κ2) is 13.2. The van der Waals surface area contributed by atoms with Gasteiger partial charge in [0.1, 0.15) is 27.6 Å². The smallest absolute Gasteiger partial charge is 0.125 e. The summed E-state index contributed by atoms with van der Waals surface area (Å²) in [4.78, 5) is 12.4. The van der Waals surface area contributed by atoms with Crippen molar-refractivity contribution in [2.75, 3.05) is 13.2 Å². The minimum atomic E-state index is 0.884. The molecule has 1 saturated heterocycles. The molecule has 6 aromatic heterocycles. The first-order chi connectivity index (χ1) is 17.9. The summed E-state index contributed by atoms with van der Waals surface area (Å²) < 4.78 is 11.5. The molecule has 0 bridgehead atoms. The fourth-order valence-corrected chi connectivity index (χ4v) is 4.78. The third-order valence-corrected chi connectivity index (χ3v) is 7.11. The predicted molar refractivity (Wildman–Crippen MR) is 154 cm³/mol. The van der Waals surface area contributed by atoms with Crippen LogP contribution in [0.5, 0.6) is 0 Å². The second-order valence-corrected chi connectivity index (χ2v) is 10.4. The van der Waals surface area contributed by atoms with Gasteiger partial charge in [0.15, 0.2) is 0 Å². The summed E-state index contributed by atoms with van der Waals surface area (Å²) >= 11 is 10.2. The number of hydrogen-bond acceptors (Lipinski definition) is 7. The summed E-state index contributed by atoms with van der Waals surface area (Å²) in [6, 6.07) is 5.67. The van der Waals surface area contributed by atoms with Crippen molar-refractivity contribution in [2.45, 2.75) is 12.8 Å². The third-order valence-electron chi connectivity index (χ3n) is 5.17. The van der Waals surface area contributed by atoms with Crippen molar-refractivity contribution < 1.29 is 4.74 Å². The van der Waals surface area contributed by atoms with E-state index in [4.69, 9.17) is 4.74 Å². The van der Waals surface area contributed by atoms with E-state index in [-0.39, 0.29) is 0 Å². The zero-order chi connectivity index (χ0) is 26.2. The van der Waals surface area contributed by atoms with E-state index < -0.39 is 0 Å². The van der Waals surface area contributed by atoms with E-state index in [9.17, 15) is 0 Å². The highest BCUT2D eigenvalue weighted by atomic mass is 79.9. The maximum Gasteiger partial charge on any atom is 0.125 e. The highest BCUT2D eigenvalue weighted by Gasteiger charge is 2.03. The number of aromatic nitrogens is 9. The van der Waals surface area contributed by atoms with Crippen LogP contribution in [0.15, 0.2) is 68.8 Å². The summed E-state index contributed by atoms with van der Waals surface area (Å²) in [6.45, 7) is 2.00. The van der Waals surface area contributed by atoms with Gasteiger partial charge in [0.05, 0.1) is 24.1 Å². The lowest BCUT2D eigenvalue weighted by atomic mass is 10.4. The minimum absolute atomic E-state index is 0.884. The van der Waals surface area contributed by atoms with Gasteiger partial charge in [-0.15, -0.1) is 0 Å². The average Bonchev–Trinajstić information content (AvgIpc) is 3.69. The Bertz CT molecular complexity index is 1580. The third kappa shape index (κ3) is 7.18. The molecule has 0 amide bonds. The van der Waals surface area contributed by atoms with Gasteiger partial charge < -0.3 is 4.74 Å². The molecule has 6 aromatic rings. The Morgan fingerprint density at radius 2 is 1.46 bits per heavy atom. The first-order valence-electron chi connectivity index (χ1n) is 11.3. The molecule has 0 saturated carbocycles. The number of halogens is 3. The average molecular weight is 694 g/mol. The van der Waals surface area contributed by atoms with Gasteiger partial charge in [-0.3, -0.25) is 29.4 Å². The van der Waals surface area contributed by atoms with Crippen molar-refractivity contribution in [3.63, 3.8) is 0 Å². The molecule has 13 heteroatoms. The Balaban J connectivity index is 0.000000119. The number of nitrogens with zero attached hydrogens (tertiary/aromatic N) is 8. The van der Waals surface area contributed by atoms with Crippen LogP contribution < -0.4 is 0 Å². The van der Waals surface area contributed by atoms with Crippen LogP contribution in [0.25, 0.3) is 33.1 Å². The lowest BCUT2D eigenvalue weighted by Gasteiger charge is -1.94. The van der Waals surface area contributed by atoms with Gasteiger partial charge >= 0.3 is 0 Å². The van der Waals surface area contributed by atoms with E-state index in [1.54, 1.807) is 40.3 Å². The highest BCUT2D eigenvalue weighted by molar-refractivity contribution is 9.11. The SMILES string of the molecule is Brc1ccnc2cn[nH]c12.C1CCOC1.Cn1cc2nccc(Br)c2n1.Cn1ncc2nccc(Br)c21. The molecule has 1 aliphatic heterocycles. The van der Waals surface area contributed by atoms with E-state index >= 15 is 0 Å². The van der Waals surface area contributed by atoms with E-state index in [2.05, 4.69) is 83.1 Å². The second-order valence-electron chi connectivity index (χ2n) is 7.87. The molecule has 0 unspecified atom stereocenters. The van der Waals surface area contributed by atoms with Gasteiger partial charge in [-0.05, 0) is 78.8 Å². The first-order valence-corrected chi connectivity index (χ1v) is 13.7. The molecule has 192 valence electrons. The number of aryl methyl sites for hydroxylation is 2. The van der Waals surface area contributed by atoms with Crippen LogP contribution in [-0.4, -0.2) is 57.9 Å². The molecular weight excluding hydrogens is 670 g/mol. The largest absolute Gasteiger partial charge is 0.381 e. The van der Waals surface area contributed by atoms with E-state index in [0.717, 1.165) is 59.7 Å². The molecule has 1 N–H and O–H groups in total. The molecule has 37 heavy (non-hydrogen) atoms. The van der Waals surface area contributed by atoms with Gasteiger partial charge in [0.2, 0.25) is 0 Å². The summed E-state index contributed by atoms with van der Waals surface area (Å²) in [5.41, 5.74) is 5.61. The Labute approximate surface area is 238 Å². The van der Waals surface area contributed by atoms with Crippen LogP contribution in [0.2, 0.25) is 0 Å². The molecule has 0 aromatic carbocycles. The first kappa shape index (κ1) is 27.3. The van der Waals surface area contributed by atoms with E-state index in [1.165, 1.54) is 12.8 Å². The Morgan fingerprint density at radius 3 is 2.08 bits per heavy atom. The fourth-order valence-electron chi connectivity index (χ4n) is 3.39. The van der Waals surface area contributed by atoms with Crippen molar-refractivity contribution in [2.24, 2.45) is 14.1 Å². The van der Waals surface area contributed by atoms with Crippen molar-refractivity contribution in [1.82, 2.24) is 44.7 Å². The van der Waals surface area contributed by atoms with Crippen LogP contribution in [0.3, 0.4) is 0 Å². The summed E-state index contributed by atoms with van der Waals surface area (Å²) in [5, 5.41) is 15.0. The molecule has 0 atom stereocenters. The van der Waals surface area contributed by atoms with Crippen molar-refractivity contribution >= 4 is 80.9 Å². The molecule has 1 fully saturated rings. The molecule has 10 nitrogen and oxygen atoms in total. The zero-order valence-electron chi connectivity index (χ0n) is 20.1. The van der Waals surface area contributed by atoms with Crippen molar-refractivity contribution in [3.8, 4) is 0 Å². The maximum atomic E-state index is 4.94. The quantitative estimate of drug-likeness (QED) is 0.208. The summed E-state index contributed by atoms with van der Waals surface area (Å²) in [6.07, 6.45) is 13.1. The molecule has 1 aliphatic rings. The van der Waals surface area contributed by atoms with Crippen LogP contribution in [-0.2, 0) is 18.8 Å². The van der Waals surface area contributed by atoms with E-state index in [0.29, 0.717) is 0 Å². The number of fused-ring (bicyclic) bond motifs is 3. The lowest BCUT2D eigenvalue weighted by molar-refractivity contribution is 0.198. The monoisotopic (exact) mass is 691 g/mol. The summed E-state index contributed by atoms with van der Waals surface area (Å²) in [5.74, 6) is 0. The van der Waals surface area contributed by atoms with Crippen LogP contribution in [0.4, 0.5) is 0 Å². The van der Waals surface area contributed by atoms with Gasteiger partial charge in [-0.1, -0.05) is 0 Å². The van der Waals surface area contributed by atoms with Gasteiger partial charge in [-0.25, -0.2) is 0 Å². The van der Waals surface area contributed by atoms with E-state index in [1.807, 2.05) is 38.5 Å². The van der Waals surface area contributed by atoms with Gasteiger partial charge in [-0.2, -0.15) is 15.3 Å². The molecule has 0 radical (unpaired) electrons. The summed E-state index contributed by atoms with van der Waals surface area (Å²) in [7, 11) is 3.78. The Morgan fingerprint density at radius 1 is 0.811 bits per heavy atom. The molecule has 0 aliphatic carbocycles. The molecular formula is C24H24Br3N9O. The van der Waals surface area contributed by atoms with Gasteiger partial charge in [0, 0.05) is 59.3 Å². The molecule has 7 heterocycles. The van der Waals surface area contributed by atoms with Gasteiger partial charge in [0.25, 0.3) is 0 Å². The molecule has 0 spiro atoms. The standard InChI is InChI=1S/2C7H6BrN3.C6H4BrN3.C4H8O/c1-11-4-6-7(10-11)5(8)2-3-9-6;1-11-7-5(8)2-3-9-6(7)4-10-11;7-4-1-2-8-5-3-9-10-6(4)5;1-2-4-5-3-1/h2*2-4H,1H3;1-3H,(H,9,10);1-4H2. The minimum Gasteiger partial charge on any atom is -0.381 e. The zero-order valence-corrected chi connectivity index (χ0v) is 24.9. The van der Waals surface area contributed by atoms with Crippen molar-refractivity contribution in [1.29, 1.82) is 0 Å². The topological polar surface area (TPSA) is 112 Å². The maximum absolute atomic E-state index is 4.94. The number of ether oxygens (including phenoxy) is 1. The van der Waals surface area contributed by atoms with Crippen molar-refractivity contribution in [3.05, 3.63) is 68.8 Å². The normalized spacial score (nSPS) is 12.5. The Hall–Kier alpha value is -2.74. The predicted octanol–water partition coefficient (Wildman–Crippen LogP) is 5.98. The lowest BCUT2D eigenvalue weighted by Crippen LogP contribution is -1.89. The van der Waals surface area contributed by atoms with Crippen LogP contribution in [0.1, 0.15) is 12.8 Å². The Kier molecular flexibility index (Phi) is 9.72. The highest BCUT2D eigenvalue weighted by Crippen LogP contribution is 2.21. The number of pyridine rings is 3. The number of H-pyrrole nitrogens is 1. The number of nitrogens with one attached hydrogen (secondary N) is 1.